The van der Waals surface area contributed by atoms with Gasteiger partial charge in [0.1, 0.15) is 22.9 Å². The lowest BCUT2D eigenvalue weighted by atomic mass is 10.1. The minimum atomic E-state index is -4.16. The molecule has 0 aliphatic rings. The molecule has 30 heavy (non-hydrogen) atoms. The predicted molar refractivity (Wildman–Crippen MR) is 118 cm³/mol. The summed E-state index contributed by atoms with van der Waals surface area (Å²) in [6, 6.07) is 9.37. The second-order valence-electron chi connectivity index (χ2n) is 7.78. The maximum absolute atomic E-state index is 13.6. The Morgan fingerprint density at radius 3 is 2.20 bits per heavy atom. The van der Waals surface area contributed by atoms with Gasteiger partial charge in [-0.1, -0.05) is 17.7 Å². The van der Waals surface area contributed by atoms with Gasteiger partial charge in [0.2, 0.25) is 5.91 Å². The maximum atomic E-state index is 13.6. The van der Waals surface area contributed by atoms with Crippen LogP contribution in [0.3, 0.4) is 0 Å². The summed E-state index contributed by atoms with van der Waals surface area (Å²) in [7, 11) is -1.30. The van der Waals surface area contributed by atoms with Gasteiger partial charge in [0.25, 0.3) is 10.0 Å². The molecule has 0 unspecified atom stereocenters. The normalized spacial score (nSPS) is 11.7. The highest BCUT2D eigenvalue weighted by molar-refractivity contribution is 7.93. The summed E-state index contributed by atoms with van der Waals surface area (Å²) in [5, 5.41) is 3.01. The van der Waals surface area contributed by atoms with E-state index in [1.165, 1.54) is 32.4 Å². The van der Waals surface area contributed by atoms with Crippen molar-refractivity contribution in [1.82, 2.24) is 5.32 Å². The van der Waals surface area contributed by atoms with Crippen molar-refractivity contribution < 1.29 is 22.7 Å². The first-order valence-corrected chi connectivity index (χ1v) is 11.0. The molecule has 0 saturated carbocycles. The van der Waals surface area contributed by atoms with Crippen molar-refractivity contribution in [2.24, 2.45) is 0 Å². The van der Waals surface area contributed by atoms with Gasteiger partial charge in [-0.2, -0.15) is 0 Å². The van der Waals surface area contributed by atoms with Crippen LogP contribution in [0, 0.1) is 6.92 Å². The summed E-state index contributed by atoms with van der Waals surface area (Å²) < 4.78 is 38.7. The Balaban J connectivity index is 2.62. The van der Waals surface area contributed by atoms with E-state index in [2.05, 4.69) is 5.32 Å². The van der Waals surface area contributed by atoms with Crippen molar-refractivity contribution in [2.75, 3.05) is 25.1 Å². The van der Waals surface area contributed by atoms with Gasteiger partial charge in [-0.3, -0.25) is 9.10 Å². The number of halogens is 1. The van der Waals surface area contributed by atoms with E-state index in [4.69, 9.17) is 21.1 Å². The molecule has 0 atom stereocenters. The summed E-state index contributed by atoms with van der Waals surface area (Å²) in [6.07, 6.45) is 0. The summed E-state index contributed by atoms with van der Waals surface area (Å²) in [4.78, 5) is 12.6. The first-order chi connectivity index (χ1) is 13.9. The van der Waals surface area contributed by atoms with E-state index in [1.54, 1.807) is 25.1 Å². The van der Waals surface area contributed by atoms with Crippen LogP contribution in [0.1, 0.15) is 26.3 Å². The SMILES string of the molecule is COc1ccc(N(CC(=O)NC(C)(C)C)S(=O)(=O)c2cc(C)ccc2OC)cc1Cl. The van der Waals surface area contributed by atoms with Crippen molar-refractivity contribution in [1.29, 1.82) is 0 Å². The molecule has 0 saturated heterocycles. The number of hydrogen-bond donors (Lipinski definition) is 1. The van der Waals surface area contributed by atoms with Gasteiger partial charge in [-0.25, -0.2) is 8.42 Å². The highest BCUT2D eigenvalue weighted by atomic mass is 35.5. The van der Waals surface area contributed by atoms with E-state index in [0.717, 1.165) is 9.87 Å². The molecule has 0 spiro atoms. The number of aryl methyl sites for hydroxylation is 1. The van der Waals surface area contributed by atoms with Crippen molar-refractivity contribution >= 4 is 33.2 Å². The van der Waals surface area contributed by atoms with E-state index in [9.17, 15) is 13.2 Å². The van der Waals surface area contributed by atoms with Crippen LogP contribution in [-0.2, 0) is 14.8 Å². The lowest BCUT2D eigenvalue weighted by Crippen LogP contribution is -2.47. The zero-order valence-electron chi connectivity index (χ0n) is 17.9. The van der Waals surface area contributed by atoms with Gasteiger partial charge >= 0.3 is 0 Å². The zero-order chi connectivity index (χ0) is 22.7. The molecule has 2 aromatic rings. The highest BCUT2D eigenvalue weighted by Gasteiger charge is 2.31. The van der Waals surface area contributed by atoms with E-state index in [-0.39, 0.29) is 21.4 Å². The molecule has 9 heteroatoms. The van der Waals surface area contributed by atoms with E-state index >= 15 is 0 Å². The Bertz CT molecular complexity index is 1030. The molecule has 0 aromatic heterocycles. The summed E-state index contributed by atoms with van der Waals surface area (Å²) >= 11 is 6.22. The number of anilines is 1. The number of rotatable bonds is 7. The van der Waals surface area contributed by atoms with Crippen molar-refractivity contribution in [3.05, 3.63) is 47.0 Å². The molecule has 1 amide bonds. The monoisotopic (exact) mass is 454 g/mol. The van der Waals surface area contributed by atoms with Crippen LogP contribution >= 0.6 is 11.6 Å². The number of benzene rings is 2. The minimum absolute atomic E-state index is 0.0412. The van der Waals surface area contributed by atoms with Crippen LogP contribution in [0.2, 0.25) is 5.02 Å². The average Bonchev–Trinajstić information content (AvgIpc) is 2.64. The zero-order valence-corrected chi connectivity index (χ0v) is 19.5. The van der Waals surface area contributed by atoms with E-state index in [0.29, 0.717) is 5.75 Å². The molecular weight excluding hydrogens is 428 g/mol. The summed E-state index contributed by atoms with van der Waals surface area (Å²) in [5.74, 6) is 0.121. The van der Waals surface area contributed by atoms with Crippen LogP contribution in [0.5, 0.6) is 11.5 Å². The Labute approximate surface area is 183 Å². The quantitative estimate of drug-likeness (QED) is 0.688. The number of ether oxygens (including phenoxy) is 2. The summed E-state index contributed by atoms with van der Waals surface area (Å²) in [6.45, 7) is 6.80. The second-order valence-corrected chi connectivity index (χ2v) is 10.0. The number of carbonyl (C=O) groups excluding carboxylic acids is 1. The number of nitrogens with one attached hydrogen (secondary N) is 1. The second kappa shape index (κ2) is 9.14. The van der Waals surface area contributed by atoms with Crippen LogP contribution in [0.4, 0.5) is 5.69 Å². The molecular formula is C21H27ClN2O5S. The molecule has 164 valence electrons. The fraction of sp³-hybridized carbons (Fsp3) is 0.381. The number of hydrogen-bond acceptors (Lipinski definition) is 5. The Morgan fingerprint density at radius 2 is 1.67 bits per heavy atom. The van der Waals surface area contributed by atoms with Gasteiger partial charge in [0, 0.05) is 5.54 Å². The number of sulfonamides is 1. The molecule has 0 aliphatic carbocycles. The van der Waals surface area contributed by atoms with Gasteiger partial charge in [-0.15, -0.1) is 0 Å². The van der Waals surface area contributed by atoms with Crippen LogP contribution in [0.15, 0.2) is 41.3 Å². The maximum Gasteiger partial charge on any atom is 0.268 e. The van der Waals surface area contributed by atoms with Gasteiger partial charge in [-0.05, 0) is 63.6 Å². The number of carbonyl (C=O) groups is 1. The van der Waals surface area contributed by atoms with Gasteiger partial charge < -0.3 is 14.8 Å². The fourth-order valence-electron chi connectivity index (χ4n) is 2.82. The van der Waals surface area contributed by atoms with Crippen molar-refractivity contribution in [3.8, 4) is 11.5 Å². The Kier molecular flexibility index (Phi) is 7.26. The molecule has 0 heterocycles. The molecule has 1 N–H and O–H groups in total. The highest BCUT2D eigenvalue weighted by Crippen LogP contribution is 2.34. The lowest BCUT2D eigenvalue weighted by Gasteiger charge is -2.28. The molecule has 2 aromatic carbocycles. The third-order valence-corrected chi connectivity index (χ3v) is 6.20. The van der Waals surface area contributed by atoms with Crippen molar-refractivity contribution in [2.45, 2.75) is 38.1 Å². The first kappa shape index (κ1) is 23.8. The van der Waals surface area contributed by atoms with E-state index in [1.807, 2.05) is 20.8 Å². The average molecular weight is 455 g/mol. The Morgan fingerprint density at radius 1 is 1.07 bits per heavy atom. The van der Waals surface area contributed by atoms with Crippen molar-refractivity contribution in [3.63, 3.8) is 0 Å². The molecule has 7 nitrogen and oxygen atoms in total. The lowest BCUT2D eigenvalue weighted by molar-refractivity contribution is -0.121. The number of amides is 1. The molecule has 0 fully saturated rings. The predicted octanol–water partition coefficient (Wildman–Crippen LogP) is 3.78. The topological polar surface area (TPSA) is 84.9 Å². The first-order valence-electron chi connectivity index (χ1n) is 9.21. The Hall–Kier alpha value is -2.45. The molecule has 0 aliphatic heterocycles. The van der Waals surface area contributed by atoms with E-state index < -0.39 is 28.0 Å². The largest absolute Gasteiger partial charge is 0.495 e. The third-order valence-electron chi connectivity index (χ3n) is 4.11. The van der Waals surface area contributed by atoms with Gasteiger partial charge in [0.05, 0.1) is 24.9 Å². The fourth-order valence-corrected chi connectivity index (χ4v) is 4.73. The molecule has 0 bridgehead atoms. The van der Waals surface area contributed by atoms with Gasteiger partial charge in [0.15, 0.2) is 0 Å². The standard InChI is InChI=1S/C21H27ClN2O5S/c1-14-7-9-18(29-6)19(11-14)30(26,27)24(13-20(25)23-21(2,3)4)15-8-10-17(28-5)16(22)12-15/h7-12H,13H2,1-6H3,(H,23,25). The number of methoxy groups -OCH3 is 2. The van der Waals surface area contributed by atoms with Crippen LogP contribution < -0.4 is 19.1 Å². The van der Waals surface area contributed by atoms with Crippen LogP contribution in [0.25, 0.3) is 0 Å². The molecule has 0 radical (unpaired) electrons. The summed E-state index contributed by atoms with van der Waals surface area (Å²) in [5.41, 5.74) is 0.445. The smallest absolute Gasteiger partial charge is 0.268 e. The molecule has 2 rings (SSSR count). The number of nitrogens with zero attached hydrogens (tertiary/aromatic N) is 1. The minimum Gasteiger partial charge on any atom is -0.495 e. The van der Waals surface area contributed by atoms with Crippen LogP contribution in [-0.4, -0.2) is 40.6 Å². The third kappa shape index (κ3) is 5.58.